The molecule has 27 heavy (non-hydrogen) atoms. The highest BCUT2D eigenvalue weighted by Gasteiger charge is 2.39. The predicted molar refractivity (Wildman–Crippen MR) is 110 cm³/mol. The van der Waals surface area contributed by atoms with E-state index in [4.69, 9.17) is 4.74 Å². The van der Waals surface area contributed by atoms with Gasteiger partial charge in [0, 0.05) is 0 Å². The van der Waals surface area contributed by atoms with Crippen molar-refractivity contribution in [2.45, 2.75) is 38.2 Å². The van der Waals surface area contributed by atoms with Crippen LogP contribution in [0.4, 0.5) is 0 Å². The molecule has 0 saturated heterocycles. The third-order valence-corrected chi connectivity index (χ3v) is 5.10. The summed E-state index contributed by atoms with van der Waals surface area (Å²) in [5, 5.41) is 0. The van der Waals surface area contributed by atoms with E-state index in [2.05, 4.69) is 12.1 Å². The molecule has 1 atom stereocenters. The molecule has 0 fully saturated rings. The summed E-state index contributed by atoms with van der Waals surface area (Å²) in [4.78, 5) is 13.3. The fourth-order valence-corrected chi connectivity index (χ4v) is 3.32. The molecular formula is C25H26O2. The van der Waals surface area contributed by atoms with Gasteiger partial charge in [0.05, 0.1) is 6.10 Å². The van der Waals surface area contributed by atoms with Crippen LogP contribution in [0.2, 0.25) is 0 Å². The minimum absolute atomic E-state index is 0.149. The number of hydrogen-bond acceptors (Lipinski definition) is 2. The van der Waals surface area contributed by atoms with Crippen molar-refractivity contribution in [3.63, 3.8) is 0 Å². The largest absolute Gasteiger partial charge is 0.462 e. The molecule has 0 aliphatic rings. The summed E-state index contributed by atoms with van der Waals surface area (Å²) in [6.45, 7) is 3.92. The second kappa shape index (κ2) is 8.68. The zero-order valence-electron chi connectivity index (χ0n) is 16.0. The van der Waals surface area contributed by atoms with Gasteiger partial charge in [-0.2, -0.15) is 0 Å². The molecule has 0 aliphatic carbocycles. The van der Waals surface area contributed by atoms with E-state index in [-0.39, 0.29) is 12.1 Å². The van der Waals surface area contributed by atoms with Crippen LogP contribution < -0.4 is 0 Å². The summed E-state index contributed by atoms with van der Waals surface area (Å²) in [7, 11) is 0. The highest BCUT2D eigenvalue weighted by atomic mass is 16.5. The van der Waals surface area contributed by atoms with Crippen molar-refractivity contribution in [3.8, 4) is 0 Å². The van der Waals surface area contributed by atoms with E-state index < -0.39 is 5.41 Å². The Morgan fingerprint density at radius 3 is 1.74 bits per heavy atom. The van der Waals surface area contributed by atoms with Crippen LogP contribution in [-0.4, -0.2) is 12.1 Å². The number of carbonyl (C=O) groups is 1. The fraction of sp³-hybridized carbons (Fsp3) is 0.240. The molecule has 138 valence electrons. The summed E-state index contributed by atoms with van der Waals surface area (Å²) in [6, 6.07) is 30.0. The quantitative estimate of drug-likeness (QED) is 0.517. The summed E-state index contributed by atoms with van der Waals surface area (Å²) in [6.07, 6.45) is 1.54. The van der Waals surface area contributed by atoms with Gasteiger partial charge < -0.3 is 4.74 Å². The molecule has 0 aliphatic heterocycles. The maximum Gasteiger partial charge on any atom is 0.321 e. The van der Waals surface area contributed by atoms with Crippen LogP contribution in [0, 0.1) is 0 Å². The van der Waals surface area contributed by atoms with Crippen molar-refractivity contribution in [1.29, 1.82) is 0 Å². The average molecular weight is 358 g/mol. The van der Waals surface area contributed by atoms with Gasteiger partial charge in [0.1, 0.15) is 5.41 Å². The molecule has 2 nitrogen and oxygen atoms in total. The van der Waals surface area contributed by atoms with Crippen LogP contribution in [0.3, 0.4) is 0 Å². The van der Waals surface area contributed by atoms with E-state index in [0.29, 0.717) is 0 Å². The number of esters is 1. The molecule has 0 heterocycles. The van der Waals surface area contributed by atoms with Crippen molar-refractivity contribution < 1.29 is 9.53 Å². The Hall–Kier alpha value is -2.87. The summed E-state index contributed by atoms with van der Waals surface area (Å²) < 4.78 is 5.91. The van der Waals surface area contributed by atoms with Gasteiger partial charge in [-0.15, -0.1) is 0 Å². The molecule has 3 aromatic carbocycles. The number of aryl methyl sites for hydroxylation is 1. The van der Waals surface area contributed by atoms with Gasteiger partial charge in [0.2, 0.25) is 0 Å². The zero-order valence-corrected chi connectivity index (χ0v) is 16.0. The first-order chi connectivity index (χ1) is 13.1. The van der Waals surface area contributed by atoms with E-state index in [1.165, 1.54) is 5.56 Å². The van der Waals surface area contributed by atoms with Crippen molar-refractivity contribution >= 4 is 5.97 Å². The lowest BCUT2D eigenvalue weighted by Gasteiger charge is -2.30. The Bertz CT molecular complexity index is 802. The first-order valence-electron chi connectivity index (χ1n) is 9.47. The first-order valence-corrected chi connectivity index (χ1v) is 9.47. The predicted octanol–water partition coefficient (Wildman–Crippen LogP) is 5.56. The van der Waals surface area contributed by atoms with Crippen LogP contribution in [0.5, 0.6) is 0 Å². The molecule has 3 aromatic rings. The SMILES string of the molecule is C[C@H](CCc1ccccc1)OC(=O)C(C)(c1ccccc1)c1ccccc1. The van der Waals surface area contributed by atoms with Gasteiger partial charge in [-0.1, -0.05) is 91.0 Å². The standard InChI is InChI=1S/C25H26O2/c1-20(18-19-21-12-6-3-7-13-21)27-24(26)25(2,22-14-8-4-9-15-22)23-16-10-5-11-17-23/h3-17,20H,18-19H2,1-2H3/t20-/m1/s1. The van der Waals surface area contributed by atoms with E-state index in [0.717, 1.165) is 24.0 Å². The summed E-state index contributed by atoms with van der Waals surface area (Å²) in [5.41, 5.74) is 2.31. The summed E-state index contributed by atoms with van der Waals surface area (Å²) >= 11 is 0. The van der Waals surface area contributed by atoms with Crippen LogP contribution in [0.15, 0.2) is 91.0 Å². The van der Waals surface area contributed by atoms with E-state index >= 15 is 0 Å². The van der Waals surface area contributed by atoms with E-state index in [1.807, 2.05) is 92.7 Å². The molecule has 0 radical (unpaired) electrons. The van der Waals surface area contributed by atoms with Crippen molar-refractivity contribution in [2.75, 3.05) is 0 Å². The van der Waals surface area contributed by atoms with Crippen LogP contribution in [-0.2, 0) is 21.4 Å². The van der Waals surface area contributed by atoms with Crippen LogP contribution >= 0.6 is 0 Å². The molecule has 0 aromatic heterocycles. The van der Waals surface area contributed by atoms with Crippen molar-refractivity contribution in [2.24, 2.45) is 0 Å². The number of carbonyl (C=O) groups excluding carboxylic acids is 1. The fourth-order valence-electron chi connectivity index (χ4n) is 3.32. The minimum Gasteiger partial charge on any atom is -0.462 e. The molecule has 0 N–H and O–H groups in total. The Morgan fingerprint density at radius 2 is 1.26 bits per heavy atom. The van der Waals surface area contributed by atoms with Crippen molar-refractivity contribution in [1.82, 2.24) is 0 Å². The highest BCUT2D eigenvalue weighted by Crippen LogP contribution is 2.33. The Morgan fingerprint density at radius 1 is 0.815 bits per heavy atom. The number of hydrogen-bond donors (Lipinski definition) is 0. The third kappa shape index (κ3) is 4.46. The number of rotatable bonds is 7. The van der Waals surface area contributed by atoms with Crippen LogP contribution in [0.25, 0.3) is 0 Å². The smallest absolute Gasteiger partial charge is 0.321 e. The van der Waals surface area contributed by atoms with Gasteiger partial charge in [-0.25, -0.2) is 0 Å². The van der Waals surface area contributed by atoms with Crippen LogP contribution in [0.1, 0.15) is 37.0 Å². The van der Waals surface area contributed by atoms with Gasteiger partial charge >= 0.3 is 5.97 Å². The van der Waals surface area contributed by atoms with Gasteiger partial charge in [0.25, 0.3) is 0 Å². The number of benzene rings is 3. The molecule has 0 unspecified atom stereocenters. The summed E-state index contributed by atoms with van der Waals surface area (Å²) in [5.74, 6) is -0.208. The first kappa shape index (κ1) is 18.9. The van der Waals surface area contributed by atoms with Gasteiger partial charge in [-0.05, 0) is 43.4 Å². The second-order valence-electron chi connectivity index (χ2n) is 7.10. The molecular weight excluding hydrogens is 332 g/mol. The van der Waals surface area contributed by atoms with Gasteiger partial charge in [0.15, 0.2) is 0 Å². The molecule has 0 bridgehead atoms. The zero-order chi connectivity index (χ0) is 19.1. The average Bonchev–Trinajstić information content (AvgIpc) is 2.73. The molecule has 0 spiro atoms. The highest BCUT2D eigenvalue weighted by molar-refractivity contribution is 5.87. The van der Waals surface area contributed by atoms with Gasteiger partial charge in [-0.3, -0.25) is 4.79 Å². The maximum absolute atomic E-state index is 13.3. The molecule has 2 heteroatoms. The molecule has 3 rings (SSSR count). The third-order valence-electron chi connectivity index (χ3n) is 5.10. The molecule has 0 amide bonds. The lowest BCUT2D eigenvalue weighted by Crippen LogP contribution is -2.37. The maximum atomic E-state index is 13.3. The number of ether oxygens (including phenoxy) is 1. The van der Waals surface area contributed by atoms with Crippen molar-refractivity contribution in [3.05, 3.63) is 108 Å². The lowest BCUT2D eigenvalue weighted by molar-refractivity contribution is -0.153. The minimum atomic E-state index is -0.830. The normalized spacial score (nSPS) is 12.4. The Labute approximate surface area is 161 Å². The lowest BCUT2D eigenvalue weighted by atomic mass is 9.76. The van der Waals surface area contributed by atoms with E-state index in [1.54, 1.807) is 0 Å². The Kier molecular flexibility index (Phi) is 6.08. The van der Waals surface area contributed by atoms with E-state index in [9.17, 15) is 4.79 Å². The Balaban J connectivity index is 1.77. The molecule has 0 saturated carbocycles. The monoisotopic (exact) mass is 358 g/mol. The second-order valence-corrected chi connectivity index (χ2v) is 7.10. The topological polar surface area (TPSA) is 26.3 Å².